The third-order valence-electron chi connectivity index (χ3n) is 3.63. The Morgan fingerprint density at radius 2 is 1.95 bits per heavy atom. The normalized spacial score (nSPS) is 12.7. The van der Waals surface area contributed by atoms with E-state index < -0.39 is 0 Å². The molecule has 0 spiro atoms. The van der Waals surface area contributed by atoms with Crippen molar-refractivity contribution < 1.29 is 4.42 Å². The average Bonchev–Trinajstić information content (AvgIpc) is 2.89. The smallest absolute Gasteiger partial charge is 0.195 e. The molecule has 0 saturated carbocycles. The van der Waals surface area contributed by atoms with Crippen LogP contribution in [0.5, 0.6) is 0 Å². The number of nitrogens with zero attached hydrogens (tertiary/aromatic N) is 2. The predicted molar refractivity (Wildman–Crippen MR) is 83.8 cm³/mol. The molecule has 2 heterocycles. The molecule has 108 valence electrons. The summed E-state index contributed by atoms with van der Waals surface area (Å²) in [5.74, 6) is 1.28. The quantitative estimate of drug-likeness (QED) is 0.778. The Balaban J connectivity index is 1.88. The lowest BCUT2D eigenvalue weighted by Crippen LogP contribution is -2.08. The Bertz CT molecular complexity index is 721. The molecule has 0 radical (unpaired) electrons. The lowest BCUT2D eigenvalue weighted by atomic mass is 10.0. The van der Waals surface area contributed by atoms with Gasteiger partial charge in [-0.1, -0.05) is 13.0 Å². The molecule has 4 nitrogen and oxygen atoms in total. The lowest BCUT2D eigenvalue weighted by Gasteiger charge is -2.05. The second kappa shape index (κ2) is 6.06. The average molecular weight is 281 g/mol. The summed E-state index contributed by atoms with van der Waals surface area (Å²) in [4.78, 5) is 8.59. The summed E-state index contributed by atoms with van der Waals surface area (Å²) < 4.78 is 5.88. The number of hydrogen-bond donors (Lipinski definition) is 1. The lowest BCUT2D eigenvalue weighted by molar-refractivity contribution is 0.448. The molecule has 21 heavy (non-hydrogen) atoms. The summed E-state index contributed by atoms with van der Waals surface area (Å²) in [5, 5.41) is 0. The van der Waals surface area contributed by atoms with Crippen molar-refractivity contribution in [2.45, 2.75) is 19.8 Å². The second-order valence-electron chi connectivity index (χ2n) is 5.41. The number of rotatable bonds is 5. The van der Waals surface area contributed by atoms with Crippen molar-refractivity contribution in [2.75, 3.05) is 6.54 Å². The summed E-state index contributed by atoms with van der Waals surface area (Å²) in [6.07, 6.45) is 5.40. The van der Waals surface area contributed by atoms with Crippen LogP contribution in [0.25, 0.3) is 22.2 Å². The van der Waals surface area contributed by atoms with E-state index >= 15 is 0 Å². The number of hydrogen-bond acceptors (Lipinski definition) is 4. The molecule has 0 bridgehead atoms. The van der Waals surface area contributed by atoms with E-state index in [4.69, 9.17) is 10.2 Å². The van der Waals surface area contributed by atoms with E-state index in [2.05, 4.69) is 23.0 Å². The van der Waals surface area contributed by atoms with Gasteiger partial charge in [0, 0.05) is 18.8 Å². The molecular formula is C17H19N3O. The first-order valence-electron chi connectivity index (χ1n) is 7.26. The summed E-state index contributed by atoms with van der Waals surface area (Å²) in [5.41, 5.74) is 9.56. The van der Waals surface area contributed by atoms with Gasteiger partial charge in [0.1, 0.15) is 5.52 Å². The van der Waals surface area contributed by atoms with Crippen LogP contribution in [0.3, 0.4) is 0 Å². The molecule has 3 aromatic rings. The van der Waals surface area contributed by atoms with Crippen LogP contribution in [-0.4, -0.2) is 16.5 Å². The van der Waals surface area contributed by atoms with Gasteiger partial charge in [-0.25, -0.2) is 4.98 Å². The molecule has 1 aromatic carbocycles. The van der Waals surface area contributed by atoms with E-state index in [0.717, 1.165) is 41.0 Å². The monoisotopic (exact) mass is 281 g/mol. The Morgan fingerprint density at radius 3 is 2.71 bits per heavy atom. The highest BCUT2D eigenvalue weighted by Crippen LogP contribution is 2.25. The summed E-state index contributed by atoms with van der Waals surface area (Å²) in [6, 6.07) is 10.1. The van der Waals surface area contributed by atoms with Crippen LogP contribution in [0, 0.1) is 5.92 Å². The van der Waals surface area contributed by atoms with Crippen molar-refractivity contribution in [1.82, 2.24) is 9.97 Å². The minimum absolute atomic E-state index is 0.489. The zero-order valence-electron chi connectivity index (χ0n) is 12.1. The minimum Gasteiger partial charge on any atom is -0.441 e. The van der Waals surface area contributed by atoms with E-state index in [0.29, 0.717) is 12.5 Å². The van der Waals surface area contributed by atoms with Crippen LogP contribution in [0.4, 0.5) is 0 Å². The molecule has 2 N–H and O–H groups in total. The Kier molecular flexibility index (Phi) is 3.97. The second-order valence-corrected chi connectivity index (χ2v) is 5.41. The van der Waals surface area contributed by atoms with E-state index in [1.807, 2.05) is 24.3 Å². The summed E-state index contributed by atoms with van der Waals surface area (Å²) in [6.45, 7) is 2.87. The van der Waals surface area contributed by atoms with Crippen LogP contribution >= 0.6 is 0 Å². The van der Waals surface area contributed by atoms with Crippen molar-refractivity contribution >= 4 is 11.1 Å². The van der Waals surface area contributed by atoms with E-state index in [1.54, 1.807) is 12.4 Å². The minimum atomic E-state index is 0.489. The van der Waals surface area contributed by atoms with Gasteiger partial charge in [-0.15, -0.1) is 0 Å². The standard InChI is InChI=1S/C17H19N3O/c1-12(4-7-18)10-17-20-15-3-2-14(11-16(15)21-17)13-5-8-19-9-6-13/h2-3,5-6,8-9,11-12H,4,7,10,18H2,1H3. The fourth-order valence-electron chi connectivity index (χ4n) is 2.47. The molecule has 3 rings (SSSR count). The van der Waals surface area contributed by atoms with Gasteiger partial charge in [0.05, 0.1) is 0 Å². The Morgan fingerprint density at radius 1 is 1.14 bits per heavy atom. The molecule has 0 saturated heterocycles. The molecule has 0 aliphatic heterocycles. The molecule has 0 aliphatic rings. The number of aromatic nitrogens is 2. The molecule has 0 fully saturated rings. The molecule has 1 unspecified atom stereocenters. The molecule has 0 aliphatic carbocycles. The topological polar surface area (TPSA) is 64.9 Å². The fraction of sp³-hybridized carbons (Fsp3) is 0.294. The molecule has 1 atom stereocenters. The molecule has 4 heteroatoms. The van der Waals surface area contributed by atoms with Crippen molar-refractivity contribution in [3.8, 4) is 11.1 Å². The Labute approximate surface area is 124 Å². The molecular weight excluding hydrogens is 262 g/mol. The first-order chi connectivity index (χ1) is 10.3. The molecule has 0 amide bonds. The van der Waals surface area contributed by atoms with Crippen molar-refractivity contribution in [3.05, 3.63) is 48.6 Å². The van der Waals surface area contributed by atoms with Gasteiger partial charge in [-0.05, 0) is 54.3 Å². The number of fused-ring (bicyclic) bond motifs is 1. The van der Waals surface area contributed by atoms with Gasteiger partial charge in [0.2, 0.25) is 0 Å². The van der Waals surface area contributed by atoms with Gasteiger partial charge in [-0.3, -0.25) is 4.98 Å². The van der Waals surface area contributed by atoms with Crippen molar-refractivity contribution in [3.63, 3.8) is 0 Å². The fourth-order valence-corrected chi connectivity index (χ4v) is 2.47. The summed E-state index contributed by atoms with van der Waals surface area (Å²) >= 11 is 0. The third-order valence-corrected chi connectivity index (χ3v) is 3.63. The van der Waals surface area contributed by atoms with Crippen LogP contribution in [0.1, 0.15) is 19.2 Å². The van der Waals surface area contributed by atoms with E-state index in [1.165, 1.54) is 0 Å². The zero-order valence-corrected chi connectivity index (χ0v) is 12.1. The highest BCUT2D eigenvalue weighted by molar-refractivity contribution is 5.80. The first kappa shape index (κ1) is 13.8. The predicted octanol–water partition coefficient (Wildman–Crippen LogP) is 3.42. The highest BCUT2D eigenvalue weighted by atomic mass is 16.3. The maximum atomic E-state index is 5.88. The maximum absolute atomic E-state index is 5.88. The molecule has 2 aromatic heterocycles. The van der Waals surface area contributed by atoms with Crippen molar-refractivity contribution in [2.24, 2.45) is 11.7 Å². The largest absolute Gasteiger partial charge is 0.441 e. The zero-order chi connectivity index (χ0) is 14.7. The van der Waals surface area contributed by atoms with E-state index in [-0.39, 0.29) is 0 Å². The summed E-state index contributed by atoms with van der Waals surface area (Å²) in [7, 11) is 0. The number of nitrogens with two attached hydrogens (primary N) is 1. The Hall–Kier alpha value is -2.20. The highest BCUT2D eigenvalue weighted by Gasteiger charge is 2.10. The SMILES string of the molecule is CC(CCN)Cc1nc2ccc(-c3ccncc3)cc2o1. The number of benzene rings is 1. The number of oxazole rings is 1. The van der Waals surface area contributed by atoms with Gasteiger partial charge < -0.3 is 10.2 Å². The van der Waals surface area contributed by atoms with Gasteiger partial charge in [-0.2, -0.15) is 0 Å². The third kappa shape index (κ3) is 3.11. The first-order valence-corrected chi connectivity index (χ1v) is 7.26. The van der Waals surface area contributed by atoms with Gasteiger partial charge in [0.25, 0.3) is 0 Å². The van der Waals surface area contributed by atoms with Gasteiger partial charge >= 0.3 is 0 Å². The van der Waals surface area contributed by atoms with E-state index in [9.17, 15) is 0 Å². The number of pyridine rings is 1. The maximum Gasteiger partial charge on any atom is 0.195 e. The van der Waals surface area contributed by atoms with Crippen LogP contribution < -0.4 is 5.73 Å². The van der Waals surface area contributed by atoms with Crippen LogP contribution in [-0.2, 0) is 6.42 Å². The van der Waals surface area contributed by atoms with Crippen LogP contribution in [0.2, 0.25) is 0 Å². The van der Waals surface area contributed by atoms with Crippen molar-refractivity contribution in [1.29, 1.82) is 0 Å². The van der Waals surface area contributed by atoms with Gasteiger partial charge in [0.15, 0.2) is 11.5 Å². The van der Waals surface area contributed by atoms with Crippen LogP contribution in [0.15, 0.2) is 47.1 Å².